The minimum atomic E-state index is -0.214. The Labute approximate surface area is 125 Å². The van der Waals surface area contributed by atoms with E-state index >= 15 is 0 Å². The maximum absolute atomic E-state index is 12.0. The molecule has 0 spiro atoms. The number of benzene rings is 1. The first-order valence-electron chi connectivity index (χ1n) is 5.85. The fourth-order valence-corrected chi connectivity index (χ4v) is 2.61. The molecule has 0 fully saturated rings. The predicted molar refractivity (Wildman–Crippen MR) is 81.7 cm³/mol. The van der Waals surface area contributed by atoms with Gasteiger partial charge in [-0.1, -0.05) is 32.4 Å². The molecule has 19 heavy (non-hydrogen) atoms. The molecule has 2 rings (SSSR count). The van der Waals surface area contributed by atoms with Crippen LogP contribution in [0.1, 0.15) is 26.5 Å². The highest BCUT2D eigenvalue weighted by molar-refractivity contribution is 9.10. The quantitative estimate of drug-likeness (QED) is 0.847. The third-order valence-electron chi connectivity index (χ3n) is 2.69. The van der Waals surface area contributed by atoms with Gasteiger partial charge in [0.1, 0.15) is 10.3 Å². The number of aromatic amines is 1. The van der Waals surface area contributed by atoms with Gasteiger partial charge in [0, 0.05) is 16.0 Å². The molecule has 2 aromatic rings. The Morgan fingerprint density at radius 2 is 1.79 bits per heavy atom. The molecule has 0 saturated heterocycles. The van der Waals surface area contributed by atoms with Crippen LogP contribution in [0, 0.1) is 0 Å². The molecule has 1 aromatic heterocycles. The van der Waals surface area contributed by atoms with Crippen molar-refractivity contribution in [1.82, 2.24) is 9.97 Å². The largest absolute Gasteiger partial charge is 0.306 e. The topological polar surface area (TPSA) is 45.8 Å². The Morgan fingerprint density at radius 1 is 1.21 bits per heavy atom. The number of aromatic nitrogens is 2. The summed E-state index contributed by atoms with van der Waals surface area (Å²) in [5.41, 5.74) is 1.18. The zero-order chi connectivity index (χ0) is 14.2. The van der Waals surface area contributed by atoms with Crippen LogP contribution in [0.15, 0.2) is 33.5 Å². The zero-order valence-electron chi connectivity index (χ0n) is 10.9. The number of H-pyrrole nitrogens is 1. The van der Waals surface area contributed by atoms with Crippen molar-refractivity contribution in [1.29, 1.82) is 0 Å². The third-order valence-corrected chi connectivity index (χ3v) is 3.68. The summed E-state index contributed by atoms with van der Waals surface area (Å²) < 4.78 is 0.484. The van der Waals surface area contributed by atoms with E-state index < -0.39 is 0 Å². The molecule has 1 N–H and O–H groups in total. The van der Waals surface area contributed by atoms with Gasteiger partial charge in [-0.3, -0.25) is 4.79 Å². The summed E-state index contributed by atoms with van der Waals surface area (Å²) in [6.07, 6.45) is 0. The fraction of sp³-hybridized carbons (Fsp3) is 0.286. The molecule has 0 bridgehead atoms. The Hall–Kier alpha value is -1.13. The summed E-state index contributed by atoms with van der Waals surface area (Å²) in [5.74, 6) is 0.551. The summed E-state index contributed by atoms with van der Waals surface area (Å²) in [6.45, 7) is 6.06. The number of nitrogens with one attached hydrogen (secondary N) is 1. The second-order valence-corrected chi connectivity index (χ2v) is 6.56. The molecule has 0 saturated carbocycles. The monoisotopic (exact) mass is 340 g/mol. The van der Waals surface area contributed by atoms with Crippen molar-refractivity contribution in [2.45, 2.75) is 26.2 Å². The van der Waals surface area contributed by atoms with Crippen LogP contribution in [-0.2, 0) is 5.41 Å². The molecule has 3 nitrogen and oxygen atoms in total. The molecule has 0 atom stereocenters. The third kappa shape index (κ3) is 3.07. The minimum Gasteiger partial charge on any atom is -0.306 e. The molecule has 0 aliphatic rings. The van der Waals surface area contributed by atoms with Gasteiger partial charge in [0.05, 0.1) is 5.69 Å². The first-order chi connectivity index (χ1) is 8.79. The highest BCUT2D eigenvalue weighted by Crippen LogP contribution is 2.27. The molecule has 0 radical (unpaired) electrons. The molecule has 0 aliphatic heterocycles. The lowest BCUT2D eigenvalue weighted by atomic mass is 9.92. The van der Waals surface area contributed by atoms with Crippen molar-refractivity contribution in [3.63, 3.8) is 0 Å². The van der Waals surface area contributed by atoms with Crippen LogP contribution in [0.3, 0.4) is 0 Å². The molecule has 0 aliphatic carbocycles. The maximum atomic E-state index is 12.0. The van der Waals surface area contributed by atoms with Crippen LogP contribution in [0.2, 0.25) is 5.02 Å². The van der Waals surface area contributed by atoms with E-state index in [2.05, 4.69) is 25.9 Å². The molecule has 1 aromatic carbocycles. The smallest absolute Gasteiger partial charge is 0.265 e. The highest BCUT2D eigenvalue weighted by Gasteiger charge is 2.22. The van der Waals surface area contributed by atoms with Gasteiger partial charge in [-0.15, -0.1) is 0 Å². The lowest BCUT2D eigenvalue weighted by Crippen LogP contribution is -2.22. The van der Waals surface area contributed by atoms with Crippen LogP contribution in [0.5, 0.6) is 0 Å². The van der Waals surface area contributed by atoms with Gasteiger partial charge in [0.25, 0.3) is 5.56 Å². The fourth-order valence-electron chi connectivity index (χ4n) is 1.70. The van der Waals surface area contributed by atoms with E-state index in [1.54, 1.807) is 12.1 Å². The minimum absolute atomic E-state index is 0.176. The van der Waals surface area contributed by atoms with Gasteiger partial charge in [-0.25, -0.2) is 4.98 Å². The number of rotatable bonds is 1. The van der Waals surface area contributed by atoms with Crippen LogP contribution in [0.25, 0.3) is 11.4 Å². The maximum Gasteiger partial charge on any atom is 0.265 e. The predicted octanol–water partition coefficient (Wildman–Crippen LogP) is 4.15. The number of hydrogen-bond donors (Lipinski definition) is 1. The molecule has 5 heteroatoms. The highest BCUT2D eigenvalue weighted by atomic mass is 79.9. The van der Waals surface area contributed by atoms with Crippen molar-refractivity contribution in [2.24, 2.45) is 0 Å². The van der Waals surface area contributed by atoms with E-state index in [9.17, 15) is 4.79 Å². The van der Waals surface area contributed by atoms with Crippen molar-refractivity contribution in [3.8, 4) is 11.4 Å². The Kier molecular flexibility index (Phi) is 3.83. The van der Waals surface area contributed by atoms with E-state index in [0.29, 0.717) is 15.3 Å². The van der Waals surface area contributed by atoms with Crippen molar-refractivity contribution in [2.75, 3.05) is 0 Å². The van der Waals surface area contributed by atoms with Crippen LogP contribution < -0.4 is 5.56 Å². The number of halogens is 2. The Bertz CT molecular complexity index is 657. The van der Waals surface area contributed by atoms with Crippen molar-refractivity contribution < 1.29 is 0 Å². The summed E-state index contributed by atoms with van der Waals surface area (Å²) in [5, 5.41) is 0.652. The number of hydrogen-bond acceptors (Lipinski definition) is 2. The SMILES string of the molecule is CC(C)(C)c1nc(-c2ccc(Cl)cc2)[nH]c(=O)c1Br. The van der Waals surface area contributed by atoms with Crippen molar-refractivity contribution in [3.05, 3.63) is 49.8 Å². The Morgan fingerprint density at radius 3 is 2.32 bits per heavy atom. The second-order valence-electron chi connectivity index (χ2n) is 5.33. The van der Waals surface area contributed by atoms with Gasteiger partial charge >= 0.3 is 0 Å². The lowest BCUT2D eigenvalue weighted by molar-refractivity contribution is 0.562. The summed E-state index contributed by atoms with van der Waals surface area (Å²) >= 11 is 9.17. The first kappa shape index (κ1) is 14.3. The zero-order valence-corrected chi connectivity index (χ0v) is 13.3. The van der Waals surface area contributed by atoms with Gasteiger partial charge in [0.15, 0.2) is 0 Å². The van der Waals surface area contributed by atoms with E-state index in [4.69, 9.17) is 11.6 Å². The number of nitrogens with zero attached hydrogens (tertiary/aromatic N) is 1. The van der Waals surface area contributed by atoms with E-state index in [-0.39, 0.29) is 11.0 Å². The standard InChI is InChI=1S/C14H14BrClN2O/c1-14(2,3)11-10(15)13(19)18-12(17-11)8-4-6-9(16)7-5-8/h4-7H,1-3H3,(H,17,18,19). The normalized spacial score (nSPS) is 11.6. The van der Waals surface area contributed by atoms with Crippen molar-refractivity contribution >= 4 is 27.5 Å². The molecular weight excluding hydrogens is 328 g/mol. The van der Waals surface area contributed by atoms with Gasteiger partial charge in [-0.2, -0.15) is 0 Å². The van der Waals surface area contributed by atoms with E-state index in [0.717, 1.165) is 11.3 Å². The summed E-state index contributed by atoms with van der Waals surface area (Å²) in [4.78, 5) is 19.3. The first-order valence-corrected chi connectivity index (χ1v) is 7.02. The van der Waals surface area contributed by atoms with Gasteiger partial charge in [0.2, 0.25) is 0 Å². The molecule has 0 amide bonds. The van der Waals surface area contributed by atoms with Crippen LogP contribution >= 0.6 is 27.5 Å². The van der Waals surface area contributed by atoms with Crippen LogP contribution in [0.4, 0.5) is 0 Å². The molecule has 0 unspecified atom stereocenters. The second kappa shape index (κ2) is 5.10. The summed E-state index contributed by atoms with van der Waals surface area (Å²) in [7, 11) is 0. The van der Waals surface area contributed by atoms with Gasteiger partial charge < -0.3 is 4.98 Å². The average molecular weight is 342 g/mol. The molecular formula is C14H14BrClN2O. The van der Waals surface area contributed by atoms with E-state index in [1.165, 1.54) is 0 Å². The van der Waals surface area contributed by atoms with E-state index in [1.807, 2.05) is 32.9 Å². The summed E-state index contributed by atoms with van der Waals surface area (Å²) in [6, 6.07) is 7.22. The van der Waals surface area contributed by atoms with Crippen LogP contribution in [-0.4, -0.2) is 9.97 Å². The molecule has 1 heterocycles. The molecule has 100 valence electrons. The lowest BCUT2D eigenvalue weighted by Gasteiger charge is -2.19. The van der Waals surface area contributed by atoms with Gasteiger partial charge in [-0.05, 0) is 40.2 Å². The Balaban J connectivity index is 2.63. The average Bonchev–Trinajstić information content (AvgIpc) is 2.32.